The van der Waals surface area contributed by atoms with E-state index in [1.54, 1.807) is 10.9 Å². The molecule has 0 aromatic carbocycles. The summed E-state index contributed by atoms with van der Waals surface area (Å²) < 4.78 is 1.78. The number of nitrogens with zero attached hydrogens (tertiary/aromatic N) is 2. The lowest BCUT2D eigenvalue weighted by molar-refractivity contribution is 0.0778. The number of aliphatic hydroxyl groups is 1. The summed E-state index contributed by atoms with van der Waals surface area (Å²) in [6.07, 6.45) is 1.89. The lowest BCUT2D eigenvalue weighted by atomic mass is 9.88. The molecule has 1 aromatic heterocycles. The van der Waals surface area contributed by atoms with Crippen molar-refractivity contribution in [3.63, 3.8) is 0 Å². The molecule has 0 aliphatic heterocycles. The van der Waals surface area contributed by atoms with Gasteiger partial charge in [0.05, 0.1) is 16.9 Å². The van der Waals surface area contributed by atoms with Crippen molar-refractivity contribution >= 4 is 11.6 Å². The molecular weight excluding hydrogens is 238 g/mol. The van der Waals surface area contributed by atoms with Crippen LogP contribution < -0.4 is 5.73 Å². The first-order valence-corrected chi connectivity index (χ1v) is 6.50. The molecule has 0 saturated heterocycles. The van der Waals surface area contributed by atoms with Crippen LogP contribution in [0.1, 0.15) is 39.0 Å². The molecule has 2 atom stereocenters. The molecule has 1 heterocycles. The van der Waals surface area contributed by atoms with Crippen LogP contribution in [0.3, 0.4) is 0 Å². The van der Waals surface area contributed by atoms with E-state index in [0.29, 0.717) is 23.2 Å². The van der Waals surface area contributed by atoms with Gasteiger partial charge in [-0.25, -0.2) is 0 Å². The molecule has 0 aliphatic carbocycles. The second-order valence-electron chi connectivity index (χ2n) is 4.69. The van der Waals surface area contributed by atoms with Gasteiger partial charge in [0, 0.05) is 12.5 Å². The van der Waals surface area contributed by atoms with Gasteiger partial charge in [-0.2, -0.15) is 5.10 Å². The first kappa shape index (κ1) is 14.5. The van der Waals surface area contributed by atoms with Crippen LogP contribution in [0, 0.1) is 11.8 Å². The SMILES string of the molecule is CCCn1ncc(Cl)c1C(O)C(CN)C(C)C. The molecule has 3 N–H and O–H groups in total. The highest BCUT2D eigenvalue weighted by molar-refractivity contribution is 6.31. The van der Waals surface area contributed by atoms with E-state index in [0.717, 1.165) is 13.0 Å². The van der Waals surface area contributed by atoms with E-state index in [4.69, 9.17) is 17.3 Å². The van der Waals surface area contributed by atoms with Gasteiger partial charge < -0.3 is 10.8 Å². The number of aryl methyl sites for hydroxylation is 1. The highest BCUT2D eigenvalue weighted by Crippen LogP contribution is 2.31. The number of aromatic nitrogens is 2. The lowest BCUT2D eigenvalue weighted by Crippen LogP contribution is -2.28. The maximum Gasteiger partial charge on any atom is 0.101 e. The molecule has 2 unspecified atom stereocenters. The molecule has 0 bridgehead atoms. The van der Waals surface area contributed by atoms with Crippen molar-refractivity contribution in [2.24, 2.45) is 17.6 Å². The molecule has 5 heteroatoms. The Kier molecular flexibility index (Phi) is 5.43. The van der Waals surface area contributed by atoms with E-state index in [9.17, 15) is 5.11 Å². The maximum absolute atomic E-state index is 10.4. The molecule has 0 saturated carbocycles. The Hall–Kier alpha value is -0.580. The standard InChI is InChI=1S/C12H22ClN3O/c1-4-5-16-11(10(13)7-15-16)12(17)9(6-14)8(2)3/h7-9,12,17H,4-6,14H2,1-3H3. The van der Waals surface area contributed by atoms with Crippen LogP contribution in [-0.2, 0) is 6.54 Å². The number of hydrogen-bond acceptors (Lipinski definition) is 3. The van der Waals surface area contributed by atoms with E-state index in [1.807, 2.05) is 0 Å². The predicted molar refractivity (Wildman–Crippen MR) is 69.9 cm³/mol. The number of hydrogen-bond donors (Lipinski definition) is 2. The van der Waals surface area contributed by atoms with Gasteiger partial charge in [0.1, 0.15) is 6.10 Å². The van der Waals surface area contributed by atoms with Gasteiger partial charge in [0.15, 0.2) is 0 Å². The normalized spacial score (nSPS) is 15.2. The zero-order chi connectivity index (χ0) is 13.0. The highest BCUT2D eigenvalue weighted by Gasteiger charge is 2.27. The minimum absolute atomic E-state index is 0.000180. The Morgan fingerprint density at radius 3 is 2.65 bits per heavy atom. The first-order chi connectivity index (χ1) is 8.02. The molecule has 98 valence electrons. The van der Waals surface area contributed by atoms with Gasteiger partial charge in [0.2, 0.25) is 0 Å². The topological polar surface area (TPSA) is 64.1 Å². The van der Waals surface area contributed by atoms with Crippen LogP contribution in [0.25, 0.3) is 0 Å². The molecular formula is C12H22ClN3O. The van der Waals surface area contributed by atoms with Gasteiger partial charge in [-0.3, -0.25) is 4.68 Å². The Morgan fingerprint density at radius 1 is 1.53 bits per heavy atom. The number of aliphatic hydroxyl groups excluding tert-OH is 1. The predicted octanol–water partition coefficient (Wildman–Crippen LogP) is 2.21. The largest absolute Gasteiger partial charge is 0.386 e. The second-order valence-corrected chi connectivity index (χ2v) is 5.10. The van der Waals surface area contributed by atoms with Gasteiger partial charge in [-0.15, -0.1) is 0 Å². The second kappa shape index (κ2) is 6.38. The Bertz CT molecular complexity index is 352. The summed E-state index contributed by atoms with van der Waals surface area (Å²) in [7, 11) is 0. The summed E-state index contributed by atoms with van der Waals surface area (Å²) in [6.45, 7) is 7.36. The van der Waals surface area contributed by atoms with Crippen molar-refractivity contribution < 1.29 is 5.11 Å². The Balaban J connectivity index is 3.00. The smallest absolute Gasteiger partial charge is 0.101 e. The van der Waals surface area contributed by atoms with Crippen molar-refractivity contribution in [1.29, 1.82) is 0 Å². The summed E-state index contributed by atoms with van der Waals surface area (Å²) in [6, 6.07) is 0. The average molecular weight is 260 g/mol. The van der Waals surface area contributed by atoms with Crippen molar-refractivity contribution in [3.05, 3.63) is 16.9 Å². The van der Waals surface area contributed by atoms with Crippen molar-refractivity contribution in [2.75, 3.05) is 6.54 Å². The minimum atomic E-state index is -0.651. The van der Waals surface area contributed by atoms with Gasteiger partial charge in [-0.1, -0.05) is 32.4 Å². The Morgan fingerprint density at radius 2 is 2.18 bits per heavy atom. The number of nitrogens with two attached hydrogens (primary N) is 1. The molecule has 0 radical (unpaired) electrons. The summed E-state index contributed by atoms with van der Waals surface area (Å²) in [5, 5.41) is 15.1. The zero-order valence-electron chi connectivity index (χ0n) is 10.7. The fraction of sp³-hybridized carbons (Fsp3) is 0.750. The first-order valence-electron chi connectivity index (χ1n) is 6.12. The minimum Gasteiger partial charge on any atom is -0.386 e. The Labute approximate surface area is 108 Å². The van der Waals surface area contributed by atoms with Crippen LogP contribution in [-0.4, -0.2) is 21.4 Å². The number of halogens is 1. The molecule has 0 spiro atoms. The van der Waals surface area contributed by atoms with E-state index >= 15 is 0 Å². The van der Waals surface area contributed by atoms with Gasteiger partial charge in [-0.05, 0) is 18.9 Å². The van der Waals surface area contributed by atoms with Crippen molar-refractivity contribution in [1.82, 2.24) is 9.78 Å². The van der Waals surface area contributed by atoms with E-state index in [1.165, 1.54) is 0 Å². The lowest BCUT2D eigenvalue weighted by Gasteiger charge is -2.25. The quantitative estimate of drug-likeness (QED) is 0.823. The number of rotatable bonds is 6. The van der Waals surface area contributed by atoms with Gasteiger partial charge in [0.25, 0.3) is 0 Å². The van der Waals surface area contributed by atoms with Crippen LogP contribution in [0.4, 0.5) is 0 Å². The third-order valence-electron chi connectivity index (χ3n) is 3.08. The van der Waals surface area contributed by atoms with E-state index in [-0.39, 0.29) is 5.92 Å². The summed E-state index contributed by atoms with van der Waals surface area (Å²) >= 11 is 6.10. The third kappa shape index (κ3) is 3.21. The zero-order valence-corrected chi connectivity index (χ0v) is 11.5. The summed E-state index contributed by atoms with van der Waals surface area (Å²) in [5.74, 6) is 0.302. The molecule has 0 fully saturated rings. The molecule has 4 nitrogen and oxygen atoms in total. The molecule has 17 heavy (non-hydrogen) atoms. The molecule has 1 aromatic rings. The maximum atomic E-state index is 10.4. The van der Waals surface area contributed by atoms with Gasteiger partial charge >= 0.3 is 0 Å². The fourth-order valence-electron chi connectivity index (χ4n) is 2.02. The van der Waals surface area contributed by atoms with Crippen LogP contribution in [0.2, 0.25) is 5.02 Å². The fourth-order valence-corrected chi connectivity index (χ4v) is 2.28. The van der Waals surface area contributed by atoms with Crippen molar-refractivity contribution in [3.8, 4) is 0 Å². The van der Waals surface area contributed by atoms with Crippen LogP contribution >= 0.6 is 11.6 Å². The van der Waals surface area contributed by atoms with E-state index in [2.05, 4.69) is 25.9 Å². The molecule has 0 amide bonds. The average Bonchev–Trinajstić information content (AvgIpc) is 2.60. The van der Waals surface area contributed by atoms with Crippen LogP contribution in [0.15, 0.2) is 6.20 Å². The summed E-state index contributed by atoms with van der Waals surface area (Å²) in [4.78, 5) is 0. The monoisotopic (exact) mass is 259 g/mol. The van der Waals surface area contributed by atoms with E-state index < -0.39 is 6.10 Å². The molecule has 1 rings (SSSR count). The third-order valence-corrected chi connectivity index (χ3v) is 3.37. The summed E-state index contributed by atoms with van der Waals surface area (Å²) in [5.41, 5.74) is 6.41. The highest BCUT2D eigenvalue weighted by atomic mass is 35.5. The molecule has 0 aliphatic rings. The van der Waals surface area contributed by atoms with Crippen LogP contribution in [0.5, 0.6) is 0 Å². The van der Waals surface area contributed by atoms with Crippen molar-refractivity contribution in [2.45, 2.75) is 39.8 Å².